The van der Waals surface area contributed by atoms with Crippen molar-refractivity contribution in [3.05, 3.63) is 11.8 Å². The Bertz CT molecular complexity index is 351. The van der Waals surface area contributed by atoms with Gasteiger partial charge in [0.05, 0.1) is 13.7 Å². The van der Waals surface area contributed by atoms with Crippen molar-refractivity contribution in [3.63, 3.8) is 0 Å². The third-order valence-electron chi connectivity index (χ3n) is 2.36. The van der Waals surface area contributed by atoms with Crippen LogP contribution in [0, 0.1) is 0 Å². The Kier molecular flexibility index (Phi) is 5.62. The maximum atomic E-state index is 10.9. The number of carbonyl (C=O) groups is 1. The van der Waals surface area contributed by atoms with Crippen LogP contribution >= 0.6 is 0 Å². The van der Waals surface area contributed by atoms with Gasteiger partial charge in [-0.05, 0) is 20.0 Å². The van der Waals surface area contributed by atoms with E-state index in [-0.39, 0.29) is 5.97 Å². The van der Waals surface area contributed by atoms with Crippen LogP contribution in [0.25, 0.3) is 0 Å². The number of hydrogen-bond acceptors (Lipinski definition) is 6. The third kappa shape index (κ3) is 4.95. The molecule has 0 aliphatic rings. The molecule has 0 bridgehead atoms. The van der Waals surface area contributed by atoms with Gasteiger partial charge in [0, 0.05) is 12.8 Å². The van der Waals surface area contributed by atoms with Crippen LogP contribution in [0.3, 0.4) is 0 Å². The summed E-state index contributed by atoms with van der Waals surface area (Å²) in [5, 5.41) is 7.83. The van der Waals surface area contributed by atoms with Crippen molar-refractivity contribution in [3.8, 4) is 0 Å². The quantitative estimate of drug-likeness (QED) is 0.664. The number of ether oxygens (including phenoxy) is 1. The van der Waals surface area contributed by atoms with Crippen LogP contribution in [0.5, 0.6) is 0 Å². The van der Waals surface area contributed by atoms with Crippen LogP contribution in [0.4, 0.5) is 0 Å². The van der Waals surface area contributed by atoms with Gasteiger partial charge in [-0.15, -0.1) is 10.2 Å². The molecule has 0 spiro atoms. The smallest absolute Gasteiger partial charge is 0.305 e. The van der Waals surface area contributed by atoms with Crippen LogP contribution in [-0.4, -0.2) is 41.8 Å². The van der Waals surface area contributed by atoms with E-state index in [2.05, 4.69) is 14.9 Å². The average molecular weight is 241 g/mol. The van der Waals surface area contributed by atoms with Gasteiger partial charge in [0.1, 0.15) is 0 Å². The molecule has 0 radical (unpaired) electrons. The number of methoxy groups -OCH3 is 1. The molecule has 0 aliphatic carbocycles. The van der Waals surface area contributed by atoms with E-state index in [9.17, 15) is 4.79 Å². The molecule has 0 aromatic carbocycles. The van der Waals surface area contributed by atoms with E-state index in [1.54, 1.807) is 0 Å². The molecule has 6 heteroatoms. The van der Waals surface area contributed by atoms with Crippen LogP contribution < -0.4 is 0 Å². The Morgan fingerprint density at radius 2 is 2.12 bits per heavy atom. The molecule has 96 valence electrons. The lowest BCUT2D eigenvalue weighted by Crippen LogP contribution is -2.20. The Morgan fingerprint density at radius 1 is 1.41 bits per heavy atom. The SMILES string of the molecule is CCc1nnc(CN(C)CCCC(=O)OC)o1. The third-order valence-corrected chi connectivity index (χ3v) is 2.36. The Balaban J connectivity index is 2.24. The number of esters is 1. The Morgan fingerprint density at radius 3 is 2.71 bits per heavy atom. The summed E-state index contributed by atoms with van der Waals surface area (Å²) >= 11 is 0. The predicted molar refractivity (Wildman–Crippen MR) is 61.3 cm³/mol. The molecule has 17 heavy (non-hydrogen) atoms. The molecule has 0 saturated heterocycles. The highest BCUT2D eigenvalue weighted by Crippen LogP contribution is 2.04. The summed E-state index contributed by atoms with van der Waals surface area (Å²) in [6, 6.07) is 0. The largest absolute Gasteiger partial charge is 0.469 e. The van der Waals surface area contributed by atoms with Crippen molar-refractivity contribution in [2.45, 2.75) is 32.7 Å². The molecule has 1 aromatic heterocycles. The lowest BCUT2D eigenvalue weighted by atomic mass is 10.3. The molecule has 1 heterocycles. The van der Waals surface area contributed by atoms with E-state index in [4.69, 9.17) is 4.42 Å². The summed E-state index contributed by atoms with van der Waals surface area (Å²) in [6.45, 7) is 3.37. The van der Waals surface area contributed by atoms with Gasteiger partial charge in [0.2, 0.25) is 11.8 Å². The van der Waals surface area contributed by atoms with Gasteiger partial charge in [-0.2, -0.15) is 0 Å². The van der Waals surface area contributed by atoms with E-state index in [1.165, 1.54) is 7.11 Å². The number of carbonyl (C=O) groups excluding carboxylic acids is 1. The average Bonchev–Trinajstić information content (AvgIpc) is 2.76. The van der Waals surface area contributed by atoms with Gasteiger partial charge < -0.3 is 9.15 Å². The van der Waals surface area contributed by atoms with Crippen molar-refractivity contribution >= 4 is 5.97 Å². The van der Waals surface area contributed by atoms with Gasteiger partial charge in [0.15, 0.2) is 0 Å². The zero-order valence-electron chi connectivity index (χ0n) is 10.6. The van der Waals surface area contributed by atoms with Crippen molar-refractivity contribution in [2.24, 2.45) is 0 Å². The summed E-state index contributed by atoms with van der Waals surface area (Å²) in [7, 11) is 3.35. The highest BCUT2D eigenvalue weighted by atomic mass is 16.5. The van der Waals surface area contributed by atoms with Crippen molar-refractivity contribution in [1.82, 2.24) is 15.1 Å². The Hall–Kier alpha value is -1.43. The first-order valence-electron chi connectivity index (χ1n) is 5.72. The van der Waals surface area contributed by atoms with Crippen LogP contribution in [0.1, 0.15) is 31.5 Å². The van der Waals surface area contributed by atoms with Gasteiger partial charge >= 0.3 is 5.97 Å². The minimum atomic E-state index is -0.176. The molecule has 0 N–H and O–H groups in total. The number of nitrogens with zero attached hydrogens (tertiary/aromatic N) is 3. The first-order chi connectivity index (χ1) is 8.15. The fourth-order valence-electron chi connectivity index (χ4n) is 1.40. The lowest BCUT2D eigenvalue weighted by molar-refractivity contribution is -0.140. The van der Waals surface area contributed by atoms with E-state index < -0.39 is 0 Å². The number of rotatable bonds is 7. The molecule has 0 atom stereocenters. The highest BCUT2D eigenvalue weighted by Gasteiger charge is 2.08. The van der Waals surface area contributed by atoms with Crippen LogP contribution in [0.15, 0.2) is 4.42 Å². The van der Waals surface area contributed by atoms with Gasteiger partial charge in [-0.3, -0.25) is 9.69 Å². The summed E-state index contributed by atoms with van der Waals surface area (Å²) in [5.74, 6) is 1.09. The molecular formula is C11H19N3O3. The minimum absolute atomic E-state index is 0.176. The lowest BCUT2D eigenvalue weighted by Gasteiger charge is -2.13. The molecule has 0 unspecified atom stereocenters. The summed E-state index contributed by atoms with van der Waals surface area (Å²) in [6.07, 6.45) is 1.95. The summed E-state index contributed by atoms with van der Waals surface area (Å²) in [5.41, 5.74) is 0. The number of aromatic nitrogens is 2. The maximum Gasteiger partial charge on any atom is 0.305 e. The first-order valence-corrected chi connectivity index (χ1v) is 5.72. The predicted octanol–water partition coefficient (Wildman–Crippen LogP) is 1.02. The van der Waals surface area contributed by atoms with Crippen molar-refractivity contribution in [2.75, 3.05) is 20.7 Å². The van der Waals surface area contributed by atoms with E-state index in [1.807, 2.05) is 18.9 Å². The second-order valence-electron chi connectivity index (χ2n) is 3.86. The molecular weight excluding hydrogens is 222 g/mol. The van der Waals surface area contributed by atoms with E-state index in [0.29, 0.717) is 24.7 Å². The molecule has 0 aliphatic heterocycles. The van der Waals surface area contributed by atoms with E-state index in [0.717, 1.165) is 19.4 Å². The minimum Gasteiger partial charge on any atom is -0.469 e. The highest BCUT2D eigenvalue weighted by molar-refractivity contribution is 5.69. The van der Waals surface area contributed by atoms with Crippen molar-refractivity contribution in [1.29, 1.82) is 0 Å². The number of hydrogen-bond donors (Lipinski definition) is 0. The topological polar surface area (TPSA) is 68.5 Å². The molecule has 0 saturated carbocycles. The van der Waals surface area contributed by atoms with Crippen LogP contribution in [0.2, 0.25) is 0 Å². The Labute approximate surface area is 101 Å². The summed E-state index contributed by atoms with van der Waals surface area (Å²) < 4.78 is 9.97. The monoisotopic (exact) mass is 241 g/mol. The second kappa shape index (κ2) is 7.01. The maximum absolute atomic E-state index is 10.9. The normalized spacial score (nSPS) is 10.8. The zero-order chi connectivity index (χ0) is 12.7. The van der Waals surface area contributed by atoms with Crippen molar-refractivity contribution < 1.29 is 13.9 Å². The molecule has 0 fully saturated rings. The molecule has 0 amide bonds. The fraction of sp³-hybridized carbons (Fsp3) is 0.727. The van der Waals surface area contributed by atoms with Crippen LogP contribution in [-0.2, 0) is 22.5 Å². The molecule has 1 aromatic rings. The standard InChI is InChI=1S/C11H19N3O3/c1-4-9-12-13-10(17-9)8-14(2)7-5-6-11(15)16-3/h4-8H2,1-3H3. The zero-order valence-corrected chi connectivity index (χ0v) is 10.6. The molecule has 1 rings (SSSR count). The first kappa shape index (κ1) is 13.6. The van der Waals surface area contributed by atoms with Gasteiger partial charge in [-0.25, -0.2) is 0 Å². The van der Waals surface area contributed by atoms with Gasteiger partial charge in [0.25, 0.3) is 0 Å². The summed E-state index contributed by atoms with van der Waals surface area (Å²) in [4.78, 5) is 12.9. The fourth-order valence-corrected chi connectivity index (χ4v) is 1.40. The van der Waals surface area contributed by atoms with E-state index >= 15 is 0 Å². The van der Waals surface area contributed by atoms with Gasteiger partial charge in [-0.1, -0.05) is 6.92 Å². The number of aryl methyl sites for hydroxylation is 1. The molecule has 6 nitrogen and oxygen atoms in total. The second-order valence-corrected chi connectivity index (χ2v) is 3.86.